The lowest BCUT2D eigenvalue weighted by molar-refractivity contribution is -0.229. The molecule has 186 valence electrons. The lowest BCUT2D eigenvalue weighted by atomic mass is 9.95. The Morgan fingerprint density at radius 3 is 2.14 bits per heavy atom. The SMILES string of the molecule is O=C1NC(=O)c2c1c1c3cc(F)ccc3n3c1c1c2c2cc(F)ccc2n1[C@@H]1O[C@H](C3)[C@@H](F)[C@H](O)[C@H]1O. The highest BCUT2D eigenvalue weighted by atomic mass is 19.1. The highest BCUT2D eigenvalue weighted by Gasteiger charge is 2.49. The molecule has 8 nitrogen and oxygen atoms in total. The molecule has 3 N–H and O–H groups in total. The summed E-state index contributed by atoms with van der Waals surface area (Å²) < 4.78 is 53.6. The third-order valence-corrected chi connectivity index (χ3v) is 7.90. The molecule has 0 radical (unpaired) electrons. The van der Waals surface area contributed by atoms with E-state index in [4.69, 9.17) is 4.74 Å². The summed E-state index contributed by atoms with van der Waals surface area (Å²) in [5.41, 5.74) is 1.53. The van der Waals surface area contributed by atoms with Crippen LogP contribution in [-0.4, -0.2) is 55.6 Å². The zero-order valence-electron chi connectivity index (χ0n) is 18.7. The van der Waals surface area contributed by atoms with Crippen LogP contribution in [0.25, 0.3) is 43.6 Å². The molecular formula is C26H16F3N3O5. The van der Waals surface area contributed by atoms with Crippen LogP contribution >= 0.6 is 0 Å². The summed E-state index contributed by atoms with van der Waals surface area (Å²) in [7, 11) is 0. The highest BCUT2D eigenvalue weighted by molar-refractivity contribution is 6.39. The van der Waals surface area contributed by atoms with E-state index in [1.54, 1.807) is 4.57 Å². The number of amides is 2. The van der Waals surface area contributed by atoms with Gasteiger partial charge in [0.05, 0.1) is 34.2 Å². The number of carbonyl (C=O) groups excluding carboxylic acids is 2. The lowest BCUT2D eigenvalue weighted by Gasteiger charge is -2.42. The fraction of sp³-hybridized carbons (Fsp3) is 0.231. The molecule has 0 aliphatic carbocycles. The van der Waals surface area contributed by atoms with Crippen molar-refractivity contribution in [3.8, 4) is 0 Å². The Balaban J connectivity index is 1.73. The van der Waals surface area contributed by atoms with E-state index in [1.165, 1.54) is 41.0 Å². The summed E-state index contributed by atoms with van der Waals surface area (Å²) >= 11 is 0. The molecule has 5 aromatic rings. The van der Waals surface area contributed by atoms with Gasteiger partial charge < -0.3 is 24.1 Å². The topological polar surface area (TPSA) is 106 Å². The van der Waals surface area contributed by atoms with Crippen molar-refractivity contribution in [3.63, 3.8) is 0 Å². The molecule has 0 unspecified atom stereocenters. The minimum Gasteiger partial charge on any atom is -0.387 e. The van der Waals surface area contributed by atoms with E-state index in [0.717, 1.165) is 0 Å². The normalized spacial score (nSPS) is 26.9. The Morgan fingerprint density at radius 1 is 0.865 bits per heavy atom. The fourth-order valence-electron chi connectivity index (χ4n) is 6.43. The molecule has 3 aromatic carbocycles. The van der Waals surface area contributed by atoms with Crippen molar-refractivity contribution < 1.29 is 37.7 Å². The zero-order chi connectivity index (χ0) is 25.5. The maximum atomic E-state index is 15.3. The average Bonchev–Trinajstić information content (AvgIpc) is 3.45. The number of hydrogen-bond acceptors (Lipinski definition) is 5. The zero-order valence-corrected chi connectivity index (χ0v) is 18.7. The van der Waals surface area contributed by atoms with Crippen molar-refractivity contribution in [1.29, 1.82) is 0 Å². The van der Waals surface area contributed by atoms with Gasteiger partial charge in [0, 0.05) is 27.1 Å². The van der Waals surface area contributed by atoms with Gasteiger partial charge in [-0.05, 0) is 36.4 Å². The second-order valence-electron chi connectivity index (χ2n) is 9.77. The van der Waals surface area contributed by atoms with Crippen LogP contribution in [0.2, 0.25) is 0 Å². The smallest absolute Gasteiger partial charge is 0.259 e. The van der Waals surface area contributed by atoms with Gasteiger partial charge in [-0.2, -0.15) is 0 Å². The summed E-state index contributed by atoms with van der Waals surface area (Å²) in [6.07, 6.45) is -7.93. The molecule has 3 aliphatic rings. The van der Waals surface area contributed by atoms with Gasteiger partial charge in [-0.3, -0.25) is 14.9 Å². The van der Waals surface area contributed by atoms with Crippen LogP contribution in [0.5, 0.6) is 0 Å². The molecule has 1 fully saturated rings. The van der Waals surface area contributed by atoms with Crippen molar-refractivity contribution in [2.24, 2.45) is 0 Å². The van der Waals surface area contributed by atoms with Crippen molar-refractivity contribution in [2.75, 3.05) is 0 Å². The Hall–Kier alpha value is -3.93. The maximum Gasteiger partial charge on any atom is 0.259 e. The number of fused-ring (bicyclic) bond motifs is 12. The minimum atomic E-state index is -1.95. The molecule has 2 aromatic heterocycles. The summed E-state index contributed by atoms with van der Waals surface area (Å²) in [5.74, 6) is -2.56. The number of imide groups is 1. The Labute approximate surface area is 204 Å². The van der Waals surface area contributed by atoms with E-state index in [0.29, 0.717) is 27.5 Å². The summed E-state index contributed by atoms with van der Waals surface area (Å²) in [6, 6.07) is 7.80. The number of halogens is 3. The van der Waals surface area contributed by atoms with Crippen LogP contribution in [-0.2, 0) is 11.3 Å². The average molecular weight is 507 g/mol. The lowest BCUT2D eigenvalue weighted by Crippen LogP contribution is -2.55. The second-order valence-corrected chi connectivity index (χ2v) is 9.77. The number of alkyl halides is 1. The summed E-state index contributed by atoms with van der Waals surface area (Å²) in [6.45, 7) is -0.133. The first-order chi connectivity index (χ1) is 17.8. The molecule has 0 saturated carbocycles. The van der Waals surface area contributed by atoms with Crippen molar-refractivity contribution in [1.82, 2.24) is 14.5 Å². The first kappa shape index (κ1) is 21.2. The van der Waals surface area contributed by atoms with Crippen molar-refractivity contribution in [2.45, 2.75) is 37.3 Å². The number of hydrogen-bond donors (Lipinski definition) is 3. The fourth-order valence-corrected chi connectivity index (χ4v) is 6.43. The van der Waals surface area contributed by atoms with Crippen LogP contribution in [0.3, 0.4) is 0 Å². The second kappa shape index (κ2) is 6.68. The first-order valence-corrected chi connectivity index (χ1v) is 11.7. The third kappa shape index (κ3) is 2.39. The molecule has 8 rings (SSSR count). The van der Waals surface area contributed by atoms with Gasteiger partial charge >= 0.3 is 0 Å². The van der Waals surface area contributed by atoms with Gasteiger partial charge in [-0.25, -0.2) is 13.2 Å². The summed E-state index contributed by atoms with van der Waals surface area (Å²) in [5, 5.41) is 25.0. The highest BCUT2D eigenvalue weighted by Crippen LogP contribution is 2.49. The molecular weight excluding hydrogens is 491 g/mol. The quantitative estimate of drug-likeness (QED) is 0.280. The number of aliphatic hydroxyl groups is 2. The monoisotopic (exact) mass is 507 g/mol. The van der Waals surface area contributed by atoms with Crippen molar-refractivity contribution >= 4 is 55.4 Å². The van der Waals surface area contributed by atoms with E-state index >= 15 is 4.39 Å². The summed E-state index contributed by atoms with van der Waals surface area (Å²) in [4.78, 5) is 26.3. The van der Waals surface area contributed by atoms with E-state index < -0.39 is 54.2 Å². The van der Waals surface area contributed by atoms with E-state index in [9.17, 15) is 28.6 Å². The van der Waals surface area contributed by atoms with E-state index in [-0.39, 0.29) is 33.8 Å². The number of aromatic nitrogens is 2. The molecule has 3 aliphatic heterocycles. The van der Waals surface area contributed by atoms with Gasteiger partial charge in [0.25, 0.3) is 11.8 Å². The van der Waals surface area contributed by atoms with E-state index in [1.807, 2.05) is 0 Å². The van der Waals surface area contributed by atoms with Crippen LogP contribution in [0.1, 0.15) is 26.9 Å². The van der Waals surface area contributed by atoms with Gasteiger partial charge in [-0.1, -0.05) is 0 Å². The molecule has 11 heteroatoms. The number of carbonyl (C=O) groups is 2. The number of ether oxygens (including phenoxy) is 1. The van der Waals surface area contributed by atoms with Crippen LogP contribution in [0.4, 0.5) is 13.2 Å². The van der Waals surface area contributed by atoms with Gasteiger partial charge in [-0.15, -0.1) is 0 Å². The number of aliphatic hydroxyl groups excluding tert-OH is 2. The molecule has 37 heavy (non-hydrogen) atoms. The van der Waals surface area contributed by atoms with Crippen LogP contribution < -0.4 is 5.32 Å². The first-order valence-electron chi connectivity index (χ1n) is 11.7. The number of nitrogens with one attached hydrogen (secondary N) is 1. The standard InChI is InChI=1S/C26H16F3N3O5/c27-8-1-3-12-10(5-8)15-17-18(25(36)30-24(17)35)16-11-6-9(28)2-4-13(11)32-21(16)20(15)31(12)7-14-19(29)22(33)23(34)26(32)37-14/h1-6,14,19,22-23,26,33-34H,7H2,(H,30,35,36)/t14-,19-,22+,23-,26-/m1/s1. The van der Waals surface area contributed by atoms with Crippen LogP contribution in [0.15, 0.2) is 36.4 Å². The number of rotatable bonds is 0. The van der Waals surface area contributed by atoms with Crippen LogP contribution in [0, 0.1) is 11.6 Å². The number of benzene rings is 3. The molecule has 1 saturated heterocycles. The Morgan fingerprint density at radius 2 is 1.46 bits per heavy atom. The van der Waals surface area contributed by atoms with Gasteiger partial charge in [0.2, 0.25) is 0 Å². The minimum absolute atomic E-state index is 0.00324. The van der Waals surface area contributed by atoms with Gasteiger partial charge in [0.1, 0.15) is 29.9 Å². The Kier molecular flexibility index (Phi) is 3.83. The molecule has 2 amide bonds. The Bertz CT molecular complexity index is 1910. The third-order valence-electron chi connectivity index (χ3n) is 7.90. The van der Waals surface area contributed by atoms with Crippen molar-refractivity contribution in [3.05, 3.63) is 59.2 Å². The maximum absolute atomic E-state index is 15.3. The molecule has 5 heterocycles. The predicted molar refractivity (Wildman–Crippen MR) is 125 cm³/mol. The molecule has 2 bridgehead atoms. The van der Waals surface area contributed by atoms with Gasteiger partial charge in [0.15, 0.2) is 12.4 Å². The predicted octanol–water partition coefficient (Wildman–Crippen LogP) is 3.04. The largest absolute Gasteiger partial charge is 0.387 e. The number of nitrogens with zero attached hydrogens (tertiary/aromatic N) is 2. The molecule has 5 atom stereocenters. The molecule has 0 spiro atoms. The van der Waals surface area contributed by atoms with E-state index in [2.05, 4.69) is 5.32 Å².